The van der Waals surface area contributed by atoms with Gasteiger partial charge in [0, 0.05) is 5.56 Å². The molecule has 2 nitrogen and oxygen atoms in total. The second-order valence-corrected chi connectivity index (χ2v) is 4.58. The van der Waals surface area contributed by atoms with Gasteiger partial charge < -0.3 is 10.1 Å². The zero-order chi connectivity index (χ0) is 10.3. The van der Waals surface area contributed by atoms with E-state index in [1.165, 1.54) is 5.56 Å². The van der Waals surface area contributed by atoms with Crippen molar-refractivity contribution < 1.29 is 4.74 Å². The third kappa shape index (κ3) is 1.37. The van der Waals surface area contributed by atoms with E-state index in [0.29, 0.717) is 5.88 Å². The van der Waals surface area contributed by atoms with Crippen molar-refractivity contribution in [2.45, 2.75) is 26.2 Å². The Bertz CT molecular complexity index is 388. The molecule has 0 saturated heterocycles. The van der Waals surface area contributed by atoms with Crippen LogP contribution >= 0.6 is 0 Å². The summed E-state index contributed by atoms with van der Waals surface area (Å²) in [7, 11) is 0. The number of fused-ring (bicyclic) bond motifs is 1. The number of ether oxygens (including phenoxy) is 1. The van der Waals surface area contributed by atoms with Crippen LogP contribution in [-0.4, -0.2) is 0 Å². The van der Waals surface area contributed by atoms with Crippen LogP contribution in [0.2, 0.25) is 0 Å². The highest BCUT2D eigenvalue weighted by Crippen LogP contribution is 2.41. The maximum absolute atomic E-state index is 5.56. The minimum Gasteiger partial charge on any atom is -0.439 e. The predicted molar refractivity (Wildman–Crippen MR) is 58.5 cm³/mol. The van der Waals surface area contributed by atoms with E-state index in [1.807, 2.05) is 12.1 Å². The SMILES string of the molecule is C=C1Nc2cccc(C(C)(C)C)c2O1. The van der Waals surface area contributed by atoms with E-state index in [2.05, 4.69) is 38.7 Å². The molecule has 1 heterocycles. The summed E-state index contributed by atoms with van der Waals surface area (Å²) in [6, 6.07) is 6.14. The molecule has 0 amide bonds. The molecule has 1 aromatic carbocycles. The van der Waals surface area contributed by atoms with Crippen molar-refractivity contribution in [1.29, 1.82) is 0 Å². The number of anilines is 1. The Balaban J connectivity index is 2.55. The number of para-hydroxylation sites is 1. The van der Waals surface area contributed by atoms with Gasteiger partial charge in [-0.2, -0.15) is 0 Å². The molecule has 0 spiro atoms. The monoisotopic (exact) mass is 189 g/mol. The normalized spacial score (nSPS) is 14.6. The van der Waals surface area contributed by atoms with Gasteiger partial charge in [0.15, 0.2) is 11.6 Å². The lowest BCUT2D eigenvalue weighted by Crippen LogP contribution is -2.11. The van der Waals surface area contributed by atoms with Gasteiger partial charge in [-0.1, -0.05) is 32.9 Å². The maximum atomic E-state index is 5.56. The molecule has 74 valence electrons. The van der Waals surface area contributed by atoms with Crippen LogP contribution in [0.3, 0.4) is 0 Å². The predicted octanol–water partition coefficient (Wildman–Crippen LogP) is 3.26. The molecule has 0 atom stereocenters. The standard InChI is InChI=1S/C12H15NO/c1-8-13-10-7-5-6-9(11(10)14-8)12(2,3)4/h5-7,13H,1H2,2-4H3. The number of rotatable bonds is 0. The first kappa shape index (κ1) is 9.13. The van der Waals surface area contributed by atoms with Crippen LogP contribution in [0.1, 0.15) is 26.3 Å². The van der Waals surface area contributed by atoms with Crippen LogP contribution in [0.5, 0.6) is 5.75 Å². The highest BCUT2D eigenvalue weighted by Gasteiger charge is 2.25. The zero-order valence-corrected chi connectivity index (χ0v) is 8.85. The third-order valence-electron chi connectivity index (χ3n) is 2.32. The molecule has 0 bridgehead atoms. The van der Waals surface area contributed by atoms with E-state index >= 15 is 0 Å². The van der Waals surface area contributed by atoms with Crippen LogP contribution in [-0.2, 0) is 5.41 Å². The molecule has 14 heavy (non-hydrogen) atoms. The van der Waals surface area contributed by atoms with Crippen molar-refractivity contribution in [2.24, 2.45) is 0 Å². The summed E-state index contributed by atoms with van der Waals surface area (Å²) >= 11 is 0. The van der Waals surface area contributed by atoms with E-state index in [9.17, 15) is 0 Å². The van der Waals surface area contributed by atoms with E-state index in [4.69, 9.17) is 4.74 Å². The third-order valence-corrected chi connectivity index (χ3v) is 2.32. The molecule has 0 radical (unpaired) electrons. The van der Waals surface area contributed by atoms with Gasteiger partial charge in [-0.3, -0.25) is 0 Å². The van der Waals surface area contributed by atoms with E-state index < -0.39 is 0 Å². The fourth-order valence-electron chi connectivity index (χ4n) is 1.63. The van der Waals surface area contributed by atoms with Crippen molar-refractivity contribution in [3.8, 4) is 5.75 Å². The highest BCUT2D eigenvalue weighted by atomic mass is 16.5. The highest BCUT2D eigenvalue weighted by molar-refractivity contribution is 5.67. The van der Waals surface area contributed by atoms with E-state index in [-0.39, 0.29) is 5.41 Å². The lowest BCUT2D eigenvalue weighted by Gasteiger charge is -2.20. The molecule has 1 aliphatic rings. The Hall–Kier alpha value is -1.44. The Morgan fingerprint density at radius 1 is 1.29 bits per heavy atom. The van der Waals surface area contributed by atoms with Gasteiger partial charge >= 0.3 is 0 Å². The largest absolute Gasteiger partial charge is 0.439 e. The lowest BCUT2D eigenvalue weighted by molar-refractivity contribution is 0.439. The second kappa shape index (κ2) is 2.77. The molecule has 0 fully saturated rings. The van der Waals surface area contributed by atoms with E-state index in [1.54, 1.807) is 0 Å². The van der Waals surface area contributed by atoms with Gasteiger partial charge in [-0.05, 0) is 18.1 Å². The first-order valence-electron chi connectivity index (χ1n) is 4.76. The Labute approximate surface area is 84.6 Å². The fraction of sp³-hybridized carbons (Fsp3) is 0.333. The summed E-state index contributed by atoms with van der Waals surface area (Å²) in [4.78, 5) is 0. The second-order valence-electron chi connectivity index (χ2n) is 4.58. The van der Waals surface area contributed by atoms with Crippen molar-refractivity contribution >= 4 is 5.69 Å². The average Bonchev–Trinajstić information content (AvgIpc) is 2.41. The molecule has 0 aromatic heterocycles. The van der Waals surface area contributed by atoms with Crippen molar-refractivity contribution in [3.05, 3.63) is 36.2 Å². The first-order valence-corrected chi connectivity index (χ1v) is 4.76. The van der Waals surface area contributed by atoms with Gasteiger partial charge in [0.25, 0.3) is 0 Å². The number of hydrogen-bond donors (Lipinski definition) is 1. The maximum Gasteiger partial charge on any atom is 0.190 e. The lowest BCUT2D eigenvalue weighted by atomic mass is 9.86. The molecular weight excluding hydrogens is 174 g/mol. The van der Waals surface area contributed by atoms with Crippen molar-refractivity contribution in [1.82, 2.24) is 0 Å². The molecule has 1 aliphatic heterocycles. The summed E-state index contributed by atoms with van der Waals surface area (Å²) in [5.74, 6) is 1.53. The van der Waals surface area contributed by atoms with Crippen LogP contribution in [0.4, 0.5) is 5.69 Å². The minimum absolute atomic E-state index is 0.0949. The number of nitrogens with one attached hydrogen (secondary N) is 1. The van der Waals surface area contributed by atoms with Crippen LogP contribution in [0.25, 0.3) is 0 Å². The summed E-state index contributed by atoms with van der Waals surface area (Å²) in [5.41, 5.74) is 2.32. The molecule has 0 unspecified atom stereocenters. The summed E-state index contributed by atoms with van der Waals surface area (Å²) in [5, 5.41) is 3.09. The molecule has 1 aromatic rings. The zero-order valence-electron chi connectivity index (χ0n) is 8.85. The summed E-state index contributed by atoms with van der Waals surface area (Å²) < 4.78 is 5.56. The van der Waals surface area contributed by atoms with Gasteiger partial charge in [0.05, 0.1) is 5.69 Å². The van der Waals surface area contributed by atoms with Crippen LogP contribution < -0.4 is 10.1 Å². The molecule has 2 rings (SSSR count). The van der Waals surface area contributed by atoms with Crippen molar-refractivity contribution in [3.63, 3.8) is 0 Å². The van der Waals surface area contributed by atoms with Gasteiger partial charge in [-0.25, -0.2) is 0 Å². The number of hydrogen-bond acceptors (Lipinski definition) is 2. The van der Waals surface area contributed by atoms with Crippen LogP contribution in [0, 0.1) is 0 Å². The van der Waals surface area contributed by atoms with E-state index in [0.717, 1.165) is 11.4 Å². The Kier molecular flexibility index (Phi) is 1.81. The molecular formula is C12H15NO. The Morgan fingerprint density at radius 3 is 2.64 bits per heavy atom. The number of benzene rings is 1. The Morgan fingerprint density at radius 2 is 2.00 bits per heavy atom. The van der Waals surface area contributed by atoms with Gasteiger partial charge in [0.1, 0.15) is 0 Å². The topological polar surface area (TPSA) is 21.3 Å². The fourth-order valence-corrected chi connectivity index (χ4v) is 1.63. The average molecular weight is 189 g/mol. The summed E-state index contributed by atoms with van der Waals surface area (Å²) in [6.07, 6.45) is 0. The van der Waals surface area contributed by atoms with Gasteiger partial charge in [-0.15, -0.1) is 0 Å². The van der Waals surface area contributed by atoms with Crippen LogP contribution in [0.15, 0.2) is 30.7 Å². The smallest absolute Gasteiger partial charge is 0.190 e. The molecule has 0 aliphatic carbocycles. The quantitative estimate of drug-likeness (QED) is 0.676. The molecule has 0 saturated carbocycles. The minimum atomic E-state index is 0.0949. The summed E-state index contributed by atoms with van der Waals surface area (Å²) in [6.45, 7) is 10.3. The van der Waals surface area contributed by atoms with Crippen molar-refractivity contribution in [2.75, 3.05) is 5.32 Å². The van der Waals surface area contributed by atoms with Gasteiger partial charge in [0.2, 0.25) is 0 Å². The molecule has 2 heteroatoms. The first-order chi connectivity index (χ1) is 6.48. The molecule has 1 N–H and O–H groups in total.